The van der Waals surface area contributed by atoms with Crippen LogP contribution in [0, 0.1) is 11.6 Å². The Labute approximate surface area is 127 Å². The molecule has 1 aromatic carbocycles. The number of hydrogen-bond acceptors (Lipinski definition) is 0. The molecule has 0 N–H and O–H groups in total. The molecule has 0 bridgehead atoms. The summed E-state index contributed by atoms with van der Waals surface area (Å²) in [6.45, 7) is 2.18. The van der Waals surface area contributed by atoms with Crippen molar-refractivity contribution in [2.24, 2.45) is 0 Å². The van der Waals surface area contributed by atoms with Crippen LogP contribution in [0.4, 0.5) is 8.78 Å². The third kappa shape index (κ3) is 5.78. The number of halogens is 4. The van der Waals surface area contributed by atoms with Crippen molar-refractivity contribution in [3.05, 3.63) is 33.8 Å². The maximum atomic E-state index is 13.7. The highest BCUT2D eigenvalue weighted by Crippen LogP contribution is 2.31. The lowest BCUT2D eigenvalue weighted by Gasteiger charge is -2.11. The average molecular weight is 354 g/mol. The molecule has 0 radical (unpaired) electrons. The number of hydrogen-bond donors (Lipinski definition) is 0. The Morgan fingerprint density at radius 1 is 1.05 bits per heavy atom. The van der Waals surface area contributed by atoms with E-state index in [0.29, 0.717) is 6.42 Å². The van der Waals surface area contributed by atoms with Crippen LogP contribution in [0.15, 0.2) is 16.6 Å². The van der Waals surface area contributed by atoms with E-state index in [1.165, 1.54) is 31.7 Å². The summed E-state index contributed by atoms with van der Waals surface area (Å²) in [6.07, 6.45) is 7.66. The predicted octanol–water partition coefficient (Wildman–Crippen LogP) is 6.76. The maximum absolute atomic E-state index is 13.7. The van der Waals surface area contributed by atoms with Gasteiger partial charge in [0.05, 0.1) is 9.85 Å². The Bertz CT molecular complexity index is 396. The summed E-state index contributed by atoms with van der Waals surface area (Å²) in [7, 11) is 0. The van der Waals surface area contributed by atoms with E-state index in [1.54, 1.807) is 0 Å². The van der Waals surface area contributed by atoms with Crippen molar-refractivity contribution in [1.29, 1.82) is 0 Å². The van der Waals surface area contributed by atoms with Crippen molar-refractivity contribution in [1.82, 2.24) is 0 Å². The Balaban J connectivity index is 2.41. The van der Waals surface area contributed by atoms with Crippen LogP contribution < -0.4 is 0 Å². The fourth-order valence-electron chi connectivity index (χ4n) is 2.04. The summed E-state index contributed by atoms with van der Waals surface area (Å²) < 4.78 is 27.2. The molecule has 1 rings (SSSR count). The SMILES string of the molecule is CCCCCCCCC(Cl)c1cc(F)c(Br)cc1F. The Hall–Kier alpha value is -0.150. The van der Waals surface area contributed by atoms with Crippen LogP contribution in [0.1, 0.15) is 62.8 Å². The van der Waals surface area contributed by atoms with Crippen LogP contribution in [0.5, 0.6) is 0 Å². The van der Waals surface area contributed by atoms with Crippen molar-refractivity contribution in [3.63, 3.8) is 0 Å². The highest BCUT2D eigenvalue weighted by atomic mass is 79.9. The minimum atomic E-state index is -0.468. The molecule has 4 heteroatoms. The molecule has 0 saturated heterocycles. The lowest BCUT2D eigenvalue weighted by atomic mass is 10.0. The zero-order valence-electron chi connectivity index (χ0n) is 11.2. The van der Waals surface area contributed by atoms with Crippen LogP contribution in [-0.2, 0) is 0 Å². The molecular weight excluding hydrogens is 334 g/mol. The zero-order chi connectivity index (χ0) is 14.3. The molecule has 19 heavy (non-hydrogen) atoms. The molecule has 0 aromatic heterocycles. The molecule has 0 aliphatic heterocycles. The molecule has 1 unspecified atom stereocenters. The van der Waals surface area contributed by atoms with Crippen LogP contribution in [0.3, 0.4) is 0 Å². The van der Waals surface area contributed by atoms with Crippen LogP contribution >= 0.6 is 27.5 Å². The van der Waals surface area contributed by atoms with Crippen molar-refractivity contribution in [2.75, 3.05) is 0 Å². The van der Waals surface area contributed by atoms with E-state index < -0.39 is 17.0 Å². The van der Waals surface area contributed by atoms with E-state index in [0.717, 1.165) is 18.9 Å². The molecule has 0 fully saturated rings. The molecule has 1 aromatic rings. The van der Waals surface area contributed by atoms with E-state index in [-0.39, 0.29) is 10.0 Å². The number of alkyl halides is 1. The van der Waals surface area contributed by atoms with Gasteiger partial charge < -0.3 is 0 Å². The first-order chi connectivity index (χ1) is 9.06. The average Bonchev–Trinajstić information content (AvgIpc) is 2.37. The summed E-state index contributed by atoms with van der Waals surface area (Å²) >= 11 is 9.11. The van der Waals surface area contributed by atoms with Gasteiger partial charge in [0, 0.05) is 5.56 Å². The second-order valence-corrected chi connectivity index (χ2v) is 6.19. The van der Waals surface area contributed by atoms with Gasteiger partial charge in [0.1, 0.15) is 11.6 Å². The Kier molecular flexibility index (Phi) is 7.93. The molecule has 0 aliphatic rings. The number of benzene rings is 1. The topological polar surface area (TPSA) is 0 Å². The zero-order valence-corrected chi connectivity index (χ0v) is 13.5. The highest BCUT2D eigenvalue weighted by Gasteiger charge is 2.15. The van der Waals surface area contributed by atoms with E-state index in [9.17, 15) is 8.78 Å². The molecule has 0 heterocycles. The smallest absolute Gasteiger partial charge is 0.137 e. The first-order valence-electron chi connectivity index (χ1n) is 6.84. The highest BCUT2D eigenvalue weighted by molar-refractivity contribution is 9.10. The molecule has 0 nitrogen and oxygen atoms in total. The standard InChI is InChI=1S/C15H20BrClF2/c1-2-3-4-5-6-7-8-13(17)11-9-15(19)12(16)10-14(11)18/h9-10,13H,2-8H2,1H3. The van der Waals surface area contributed by atoms with Gasteiger partial charge in [-0.05, 0) is 34.5 Å². The monoisotopic (exact) mass is 352 g/mol. The molecule has 0 saturated carbocycles. The summed E-state index contributed by atoms with van der Waals surface area (Å²) in [5.74, 6) is -0.913. The third-order valence-electron chi connectivity index (χ3n) is 3.19. The number of rotatable bonds is 8. The second-order valence-electron chi connectivity index (χ2n) is 4.81. The first kappa shape index (κ1) is 16.9. The molecule has 108 valence electrons. The summed E-state index contributed by atoms with van der Waals surface area (Å²) in [6, 6.07) is 2.33. The van der Waals surface area contributed by atoms with E-state index >= 15 is 0 Å². The van der Waals surface area contributed by atoms with Gasteiger partial charge in [0.25, 0.3) is 0 Å². The molecule has 0 amide bonds. The van der Waals surface area contributed by atoms with Crippen LogP contribution in [-0.4, -0.2) is 0 Å². The lowest BCUT2D eigenvalue weighted by Crippen LogP contribution is -1.97. The van der Waals surface area contributed by atoms with Gasteiger partial charge in [-0.15, -0.1) is 11.6 Å². The predicted molar refractivity (Wildman–Crippen MR) is 80.6 cm³/mol. The first-order valence-corrected chi connectivity index (χ1v) is 8.07. The van der Waals surface area contributed by atoms with Crippen molar-refractivity contribution in [3.8, 4) is 0 Å². The van der Waals surface area contributed by atoms with Gasteiger partial charge in [0.2, 0.25) is 0 Å². The third-order valence-corrected chi connectivity index (χ3v) is 4.25. The molecular formula is C15H20BrClF2. The largest absolute Gasteiger partial charge is 0.207 e. The molecule has 0 aliphatic carbocycles. The Morgan fingerprint density at radius 2 is 1.68 bits per heavy atom. The summed E-state index contributed by atoms with van der Waals surface area (Å²) in [4.78, 5) is 0. The lowest BCUT2D eigenvalue weighted by molar-refractivity contribution is 0.554. The number of unbranched alkanes of at least 4 members (excludes halogenated alkanes) is 5. The van der Waals surface area contributed by atoms with Crippen molar-refractivity contribution < 1.29 is 8.78 Å². The second kappa shape index (κ2) is 8.91. The van der Waals surface area contributed by atoms with Gasteiger partial charge in [-0.25, -0.2) is 8.78 Å². The normalized spacial score (nSPS) is 12.7. The van der Waals surface area contributed by atoms with Crippen LogP contribution in [0.25, 0.3) is 0 Å². The van der Waals surface area contributed by atoms with Crippen LogP contribution in [0.2, 0.25) is 0 Å². The Morgan fingerprint density at radius 3 is 2.37 bits per heavy atom. The van der Waals surface area contributed by atoms with E-state index in [1.807, 2.05) is 0 Å². The van der Waals surface area contributed by atoms with Gasteiger partial charge in [0.15, 0.2) is 0 Å². The fourth-order valence-corrected chi connectivity index (χ4v) is 2.67. The minimum Gasteiger partial charge on any atom is -0.207 e. The van der Waals surface area contributed by atoms with E-state index in [4.69, 9.17) is 11.6 Å². The molecule has 1 atom stereocenters. The fraction of sp³-hybridized carbons (Fsp3) is 0.600. The van der Waals surface area contributed by atoms with Gasteiger partial charge >= 0.3 is 0 Å². The molecule has 0 spiro atoms. The van der Waals surface area contributed by atoms with E-state index in [2.05, 4.69) is 22.9 Å². The minimum absolute atomic E-state index is 0.136. The van der Waals surface area contributed by atoms with Crippen molar-refractivity contribution >= 4 is 27.5 Å². The quantitative estimate of drug-likeness (QED) is 0.275. The van der Waals surface area contributed by atoms with Crippen molar-refractivity contribution in [2.45, 2.75) is 57.2 Å². The maximum Gasteiger partial charge on any atom is 0.137 e. The summed E-state index contributed by atoms with van der Waals surface area (Å²) in [5, 5.41) is -0.450. The van der Waals surface area contributed by atoms with Gasteiger partial charge in [-0.1, -0.05) is 45.4 Å². The van der Waals surface area contributed by atoms with Gasteiger partial charge in [-0.2, -0.15) is 0 Å². The van der Waals surface area contributed by atoms with Gasteiger partial charge in [-0.3, -0.25) is 0 Å². The summed E-state index contributed by atoms with van der Waals surface area (Å²) in [5.41, 5.74) is 0.260.